The number of non-ortho nitro benzene ring substituents is 1. The second-order valence-electron chi connectivity index (χ2n) is 6.44. The van der Waals surface area contributed by atoms with Gasteiger partial charge in [0.1, 0.15) is 12.3 Å². The molecule has 0 aliphatic carbocycles. The molecule has 2 N–H and O–H groups in total. The number of hydrogen-bond donors (Lipinski definition) is 2. The number of rotatable bonds is 5. The molecule has 3 rings (SSSR count). The van der Waals surface area contributed by atoms with E-state index in [4.69, 9.17) is 4.74 Å². The molecular formula is C19H18N4O6. The third-order valence-electron chi connectivity index (χ3n) is 4.23. The van der Waals surface area contributed by atoms with Crippen molar-refractivity contribution in [3.63, 3.8) is 0 Å². The molecule has 1 aliphatic heterocycles. The van der Waals surface area contributed by atoms with Crippen LogP contribution in [0.4, 0.5) is 22.7 Å². The molecule has 3 amide bonds. The van der Waals surface area contributed by atoms with E-state index in [1.807, 2.05) is 0 Å². The van der Waals surface area contributed by atoms with Crippen molar-refractivity contribution in [2.45, 2.75) is 13.8 Å². The highest BCUT2D eigenvalue weighted by molar-refractivity contribution is 6.05. The van der Waals surface area contributed by atoms with Gasteiger partial charge in [-0.05, 0) is 30.7 Å². The number of ether oxygens (including phenoxy) is 1. The molecule has 10 nitrogen and oxygen atoms in total. The van der Waals surface area contributed by atoms with E-state index in [1.165, 1.54) is 25.1 Å². The lowest BCUT2D eigenvalue weighted by molar-refractivity contribution is -0.384. The highest BCUT2D eigenvalue weighted by Gasteiger charge is 2.29. The largest absolute Gasteiger partial charge is 0.482 e. The molecule has 2 aromatic carbocycles. The van der Waals surface area contributed by atoms with Gasteiger partial charge in [-0.15, -0.1) is 0 Å². The molecule has 150 valence electrons. The van der Waals surface area contributed by atoms with E-state index in [9.17, 15) is 24.5 Å². The van der Waals surface area contributed by atoms with Gasteiger partial charge in [-0.2, -0.15) is 0 Å². The topological polar surface area (TPSA) is 131 Å². The number of anilines is 3. The summed E-state index contributed by atoms with van der Waals surface area (Å²) >= 11 is 0. The summed E-state index contributed by atoms with van der Waals surface area (Å²) in [5.74, 6) is -0.951. The highest BCUT2D eigenvalue weighted by Crippen LogP contribution is 2.35. The molecule has 0 unspecified atom stereocenters. The molecular weight excluding hydrogens is 380 g/mol. The number of nitro benzene ring substituents is 1. The van der Waals surface area contributed by atoms with Crippen LogP contribution in [-0.2, 0) is 14.4 Å². The van der Waals surface area contributed by atoms with Crippen molar-refractivity contribution in [1.29, 1.82) is 0 Å². The van der Waals surface area contributed by atoms with Crippen LogP contribution in [0, 0.1) is 17.0 Å². The molecule has 0 aromatic heterocycles. The van der Waals surface area contributed by atoms with Crippen LogP contribution in [0.2, 0.25) is 0 Å². The van der Waals surface area contributed by atoms with Crippen molar-refractivity contribution in [1.82, 2.24) is 0 Å². The van der Waals surface area contributed by atoms with Gasteiger partial charge >= 0.3 is 0 Å². The number of benzene rings is 2. The van der Waals surface area contributed by atoms with Crippen molar-refractivity contribution in [3.05, 3.63) is 52.1 Å². The van der Waals surface area contributed by atoms with Crippen LogP contribution >= 0.6 is 0 Å². The monoisotopic (exact) mass is 398 g/mol. The SMILES string of the molecule is CC(=O)Nc1ccc(C)c(NC(=O)CN2C(=O)COc3ccc([N+](=O)[O-])cc32)c1. The summed E-state index contributed by atoms with van der Waals surface area (Å²) in [5.41, 5.74) is 1.69. The minimum atomic E-state index is -0.589. The van der Waals surface area contributed by atoms with Crippen LogP contribution in [0.5, 0.6) is 5.75 Å². The average Bonchev–Trinajstić information content (AvgIpc) is 2.66. The summed E-state index contributed by atoms with van der Waals surface area (Å²) in [6, 6.07) is 8.90. The van der Waals surface area contributed by atoms with Gasteiger partial charge < -0.3 is 15.4 Å². The van der Waals surface area contributed by atoms with Crippen molar-refractivity contribution in [2.75, 3.05) is 28.7 Å². The van der Waals surface area contributed by atoms with Gasteiger partial charge in [0, 0.05) is 30.4 Å². The molecule has 0 spiro atoms. The van der Waals surface area contributed by atoms with Crippen molar-refractivity contribution >= 4 is 40.5 Å². The zero-order valence-corrected chi connectivity index (χ0v) is 15.7. The highest BCUT2D eigenvalue weighted by atomic mass is 16.6. The molecule has 0 fully saturated rings. The number of nitro groups is 1. The van der Waals surface area contributed by atoms with Gasteiger partial charge in [0.05, 0.1) is 10.6 Å². The normalized spacial score (nSPS) is 12.6. The minimum absolute atomic E-state index is 0.161. The fraction of sp³-hybridized carbons (Fsp3) is 0.211. The molecule has 1 aliphatic rings. The molecule has 0 saturated carbocycles. The van der Waals surface area contributed by atoms with Crippen LogP contribution in [0.3, 0.4) is 0 Å². The van der Waals surface area contributed by atoms with E-state index >= 15 is 0 Å². The van der Waals surface area contributed by atoms with Gasteiger partial charge in [0.15, 0.2) is 6.61 Å². The Labute approximate surface area is 165 Å². The first-order chi connectivity index (χ1) is 13.7. The lowest BCUT2D eigenvalue weighted by Crippen LogP contribution is -2.43. The van der Waals surface area contributed by atoms with Crippen LogP contribution in [0.15, 0.2) is 36.4 Å². The van der Waals surface area contributed by atoms with Gasteiger partial charge in [-0.25, -0.2) is 0 Å². The number of carbonyl (C=O) groups excluding carboxylic acids is 3. The number of fused-ring (bicyclic) bond motifs is 1. The zero-order chi connectivity index (χ0) is 21.1. The maximum Gasteiger partial charge on any atom is 0.271 e. The first-order valence-electron chi connectivity index (χ1n) is 8.64. The number of hydrogen-bond acceptors (Lipinski definition) is 6. The lowest BCUT2D eigenvalue weighted by Gasteiger charge is -2.28. The summed E-state index contributed by atoms with van der Waals surface area (Å²) in [4.78, 5) is 47.7. The van der Waals surface area contributed by atoms with Crippen molar-refractivity contribution in [2.24, 2.45) is 0 Å². The first-order valence-corrected chi connectivity index (χ1v) is 8.64. The second kappa shape index (κ2) is 7.97. The van der Waals surface area contributed by atoms with Gasteiger partial charge in [0.2, 0.25) is 11.8 Å². The Morgan fingerprint density at radius 1 is 1.21 bits per heavy atom. The summed E-state index contributed by atoms with van der Waals surface area (Å²) in [7, 11) is 0. The first kappa shape index (κ1) is 19.8. The Morgan fingerprint density at radius 3 is 2.66 bits per heavy atom. The zero-order valence-electron chi connectivity index (χ0n) is 15.7. The number of amides is 3. The van der Waals surface area contributed by atoms with Gasteiger partial charge in [-0.3, -0.25) is 29.4 Å². The molecule has 0 saturated heterocycles. The van der Waals surface area contributed by atoms with Crippen LogP contribution in [-0.4, -0.2) is 35.8 Å². The molecule has 1 heterocycles. The van der Waals surface area contributed by atoms with E-state index in [1.54, 1.807) is 25.1 Å². The van der Waals surface area contributed by atoms with Gasteiger partial charge in [-0.1, -0.05) is 6.07 Å². The Hall–Kier alpha value is -3.95. The Balaban J connectivity index is 1.81. The van der Waals surface area contributed by atoms with Crippen LogP contribution in [0.25, 0.3) is 0 Å². The van der Waals surface area contributed by atoms with E-state index in [0.717, 1.165) is 10.5 Å². The van der Waals surface area contributed by atoms with Crippen LogP contribution in [0.1, 0.15) is 12.5 Å². The molecule has 29 heavy (non-hydrogen) atoms. The van der Waals surface area contributed by atoms with E-state index in [-0.39, 0.29) is 36.2 Å². The maximum atomic E-state index is 12.6. The molecule has 0 radical (unpaired) electrons. The predicted molar refractivity (Wildman–Crippen MR) is 105 cm³/mol. The fourth-order valence-corrected chi connectivity index (χ4v) is 2.85. The third-order valence-corrected chi connectivity index (χ3v) is 4.23. The average molecular weight is 398 g/mol. The minimum Gasteiger partial charge on any atom is -0.482 e. The van der Waals surface area contributed by atoms with E-state index in [0.29, 0.717) is 11.4 Å². The lowest BCUT2D eigenvalue weighted by atomic mass is 10.1. The number of nitrogens with one attached hydrogen (secondary N) is 2. The van der Waals surface area contributed by atoms with Crippen molar-refractivity contribution < 1.29 is 24.0 Å². The molecule has 0 bridgehead atoms. The van der Waals surface area contributed by atoms with Gasteiger partial charge in [0.25, 0.3) is 11.6 Å². The Kier molecular flexibility index (Phi) is 5.44. The quantitative estimate of drug-likeness (QED) is 0.586. The Bertz CT molecular complexity index is 1020. The number of aryl methyl sites for hydroxylation is 1. The molecule has 0 atom stereocenters. The number of carbonyl (C=O) groups is 3. The van der Waals surface area contributed by atoms with Crippen molar-refractivity contribution in [3.8, 4) is 5.75 Å². The predicted octanol–water partition coefficient (Wildman–Crippen LogP) is 2.23. The number of nitrogens with zero attached hydrogens (tertiary/aromatic N) is 2. The van der Waals surface area contributed by atoms with Crippen LogP contribution < -0.4 is 20.3 Å². The Morgan fingerprint density at radius 2 is 1.97 bits per heavy atom. The summed E-state index contributed by atoms with van der Waals surface area (Å²) < 4.78 is 5.29. The third kappa shape index (κ3) is 4.49. The maximum absolute atomic E-state index is 12.6. The summed E-state index contributed by atoms with van der Waals surface area (Å²) in [6.45, 7) is 2.54. The molecule has 2 aromatic rings. The molecule has 10 heteroatoms. The summed E-state index contributed by atoms with van der Waals surface area (Å²) in [6.07, 6.45) is 0. The van der Waals surface area contributed by atoms with E-state index in [2.05, 4.69) is 10.6 Å². The van der Waals surface area contributed by atoms with E-state index < -0.39 is 16.7 Å². The summed E-state index contributed by atoms with van der Waals surface area (Å²) in [5, 5.41) is 16.4. The standard InChI is InChI=1S/C19H18N4O6/c1-11-3-4-13(20-12(2)24)7-15(11)21-18(25)9-22-16-8-14(23(27)28)5-6-17(16)29-10-19(22)26/h3-8H,9-10H2,1-2H3,(H,20,24)(H,21,25). The smallest absolute Gasteiger partial charge is 0.271 e. The fourth-order valence-electron chi connectivity index (χ4n) is 2.85. The second-order valence-corrected chi connectivity index (χ2v) is 6.44.